The molecule has 1 saturated heterocycles. The van der Waals surface area contributed by atoms with Gasteiger partial charge in [-0.1, -0.05) is 30.7 Å². The van der Waals surface area contributed by atoms with Crippen molar-refractivity contribution in [1.82, 2.24) is 0 Å². The van der Waals surface area contributed by atoms with Crippen molar-refractivity contribution in [2.75, 3.05) is 16.8 Å². The number of hydrogen-bond donors (Lipinski definition) is 1. The van der Waals surface area contributed by atoms with Crippen LogP contribution in [0, 0.1) is 24.7 Å². The third kappa shape index (κ3) is 4.65. The number of nitrogens with zero attached hydrogens (tertiary/aromatic N) is 1. The molecule has 1 heterocycles. The fraction of sp³-hybridized carbons (Fsp3) is 0.280. The van der Waals surface area contributed by atoms with Crippen LogP contribution in [-0.4, -0.2) is 30.3 Å². The van der Waals surface area contributed by atoms with Gasteiger partial charge in [-0.15, -0.1) is 0 Å². The van der Waals surface area contributed by atoms with Crippen molar-refractivity contribution in [3.63, 3.8) is 0 Å². The topological polar surface area (TPSA) is 92.8 Å². The number of benzene rings is 2. The van der Waals surface area contributed by atoms with Crippen molar-refractivity contribution in [2.24, 2.45) is 17.8 Å². The largest absolute Gasteiger partial charge is 0.452 e. The van der Waals surface area contributed by atoms with Crippen LogP contribution < -0.4 is 10.2 Å². The molecule has 1 N–H and O–H groups in total. The first-order valence-corrected chi connectivity index (χ1v) is 11.9. The molecule has 0 spiro atoms. The van der Waals surface area contributed by atoms with Gasteiger partial charge in [-0.25, -0.2) is 4.79 Å². The molecule has 0 saturated carbocycles. The van der Waals surface area contributed by atoms with E-state index < -0.39 is 18.5 Å². The lowest BCUT2D eigenvalue weighted by molar-refractivity contribution is -0.123. The molecule has 9 heteroatoms. The van der Waals surface area contributed by atoms with Gasteiger partial charge in [0, 0.05) is 10.2 Å². The van der Waals surface area contributed by atoms with Crippen LogP contribution in [0.3, 0.4) is 0 Å². The summed E-state index contributed by atoms with van der Waals surface area (Å²) in [6.07, 6.45) is 4.47. The molecule has 4 rings (SSSR count). The van der Waals surface area contributed by atoms with Crippen molar-refractivity contribution in [3.8, 4) is 0 Å². The van der Waals surface area contributed by atoms with Gasteiger partial charge in [0.15, 0.2) is 6.61 Å². The molecule has 7 nitrogen and oxygen atoms in total. The lowest BCUT2D eigenvalue weighted by atomic mass is 9.78. The Balaban J connectivity index is 1.37. The standard InChI is InChI=1S/C25H22BrClN2O5/c1-13-4-3-5-17-22(13)24(32)29(23(17)31)16-8-6-15(7-9-16)25(33)34-12-21(30)28-20-11-19(27)18(26)10-14(20)2/h3-4,6-11,13,17,22H,5,12H2,1-2H3,(H,28,30)/t13-,17-,22-/m1/s1. The van der Waals surface area contributed by atoms with Crippen molar-refractivity contribution >= 4 is 62.6 Å². The van der Waals surface area contributed by atoms with Crippen LogP contribution in [0.5, 0.6) is 0 Å². The highest BCUT2D eigenvalue weighted by molar-refractivity contribution is 9.10. The number of nitrogens with one attached hydrogen (secondary N) is 1. The normalized spacial score (nSPS) is 21.4. The zero-order chi connectivity index (χ0) is 24.6. The molecule has 3 atom stereocenters. The van der Waals surface area contributed by atoms with Gasteiger partial charge in [-0.2, -0.15) is 0 Å². The molecule has 1 aliphatic carbocycles. The van der Waals surface area contributed by atoms with E-state index in [0.29, 0.717) is 27.3 Å². The van der Waals surface area contributed by atoms with Crippen LogP contribution in [0.1, 0.15) is 29.3 Å². The summed E-state index contributed by atoms with van der Waals surface area (Å²) in [5, 5.41) is 3.10. The number of anilines is 2. The number of aryl methyl sites for hydroxylation is 1. The number of halogens is 2. The zero-order valence-corrected chi connectivity index (χ0v) is 20.9. The van der Waals surface area contributed by atoms with E-state index in [1.54, 1.807) is 12.1 Å². The second-order valence-corrected chi connectivity index (χ2v) is 9.68. The Kier molecular flexibility index (Phi) is 6.91. The third-order valence-corrected chi connectivity index (χ3v) is 7.31. The number of imide groups is 1. The van der Waals surface area contributed by atoms with Crippen molar-refractivity contribution in [2.45, 2.75) is 20.3 Å². The third-order valence-electron chi connectivity index (χ3n) is 6.11. The molecule has 2 aromatic rings. The molecule has 1 aliphatic heterocycles. The average molecular weight is 546 g/mol. The molecule has 2 aromatic carbocycles. The molecule has 0 unspecified atom stereocenters. The minimum absolute atomic E-state index is 0.00202. The molecular weight excluding hydrogens is 524 g/mol. The number of carbonyl (C=O) groups is 4. The van der Waals surface area contributed by atoms with E-state index in [-0.39, 0.29) is 35.1 Å². The molecule has 176 valence electrons. The van der Waals surface area contributed by atoms with Crippen LogP contribution in [-0.2, 0) is 19.1 Å². The van der Waals surface area contributed by atoms with Crippen LogP contribution in [0.25, 0.3) is 0 Å². The van der Waals surface area contributed by atoms with Crippen molar-refractivity contribution in [1.29, 1.82) is 0 Å². The lowest BCUT2D eigenvalue weighted by Crippen LogP contribution is -2.31. The summed E-state index contributed by atoms with van der Waals surface area (Å²) in [5.41, 5.74) is 1.92. The molecule has 0 bridgehead atoms. The fourth-order valence-corrected chi connectivity index (χ4v) is 4.95. The summed E-state index contributed by atoms with van der Waals surface area (Å²) in [6, 6.07) is 9.39. The van der Waals surface area contributed by atoms with E-state index >= 15 is 0 Å². The van der Waals surface area contributed by atoms with E-state index in [1.165, 1.54) is 29.2 Å². The van der Waals surface area contributed by atoms with Crippen LogP contribution >= 0.6 is 27.5 Å². The Labute approximate surface area is 210 Å². The summed E-state index contributed by atoms with van der Waals surface area (Å²) < 4.78 is 5.82. The summed E-state index contributed by atoms with van der Waals surface area (Å²) in [6.45, 7) is 3.27. The van der Waals surface area contributed by atoms with E-state index in [4.69, 9.17) is 16.3 Å². The summed E-state index contributed by atoms with van der Waals surface area (Å²) >= 11 is 9.38. The van der Waals surface area contributed by atoms with Crippen LogP contribution in [0.2, 0.25) is 5.02 Å². The number of hydrogen-bond acceptors (Lipinski definition) is 5. The maximum Gasteiger partial charge on any atom is 0.338 e. The van der Waals surface area contributed by atoms with Gasteiger partial charge < -0.3 is 10.1 Å². The SMILES string of the molecule is Cc1cc(Br)c(Cl)cc1NC(=O)COC(=O)c1ccc(N2C(=O)[C@@H]3[C@H](C)C=CC[C@H]3C2=O)cc1. The highest BCUT2D eigenvalue weighted by atomic mass is 79.9. The van der Waals surface area contributed by atoms with Crippen LogP contribution in [0.4, 0.5) is 11.4 Å². The number of esters is 1. The predicted octanol–water partition coefficient (Wildman–Crippen LogP) is 4.91. The number of carbonyl (C=O) groups excluding carboxylic acids is 4. The first kappa shape index (κ1) is 24.2. The van der Waals surface area contributed by atoms with E-state index in [9.17, 15) is 19.2 Å². The highest BCUT2D eigenvalue weighted by Gasteiger charge is 2.50. The Hall–Kier alpha value is -2.97. The minimum atomic E-state index is -0.696. The van der Waals surface area contributed by atoms with Crippen LogP contribution in [0.15, 0.2) is 53.0 Å². The average Bonchev–Trinajstić information content (AvgIpc) is 3.07. The molecule has 34 heavy (non-hydrogen) atoms. The van der Waals surface area contributed by atoms with Gasteiger partial charge >= 0.3 is 5.97 Å². The number of fused-ring (bicyclic) bond motifs is 1. The van der Waals surface area contributed by atoms with E-state index in [2.05, 4.69) is 21.2 Å². The van der Waals surface area contributed by atoms with Crippen molar-refractivity contribution < 1.29 is 23.9 Å². The molecule has 2 aliphatic rings. The monoisotopic (exact) mass is 544 g/mol. The molecule has 0 radical (unpaired) electrons. The maximum absolute atomic E-state index is 12.9. The molecule has 3 amide bonds. The Morgan fingerprint density at radius 2 is 1.88 bits per heavy atom. The highest BCUT2D eigenvalue weighted by Crippen LogP contribution is 2.40. The Morgan fingerprint density at radius 3 is 2.56 bits per heavy atom. The van der Waals surface area contributed by atoms with Gasteiger partial charge in [0.2, 0.25) is 11.8 Å². The number of amides is 3. The molecule has 0 aromatic heterocycles. The fourth-order valence-electron chi connectivity index (χ4n) is 4.33. The number of allylic oxidation sites excluding steroid dienone is 2. The van der Waals surface area contributed by atoms with Gasteiger partial charge in [-0.3, -0.25) is 19.3 Å². The van der Waals surface area contributed by atoms with E-state index in [1.807, 2.05) is 26.0 Å². The first-order valence-electron chi connectivity index (χ1n) is 10.7. The summed E-state index contributed by atoms with van der Waals surface area (Å²) in [7, 11) is 0. The van der Waals surface area contributed by atoms with Gasteiger partial charge in [0.1, 0.15) is 0 Å². The molecular formula is C25H22BrClN2O5. The quantitative estimate of drug-likeness (QED) is 0.327. The van der Waals surface area contributed by atoms with E-state index in [0.717, 1.165) is 5.56 Å². The zero-order valence-electron chi connectivity index (χ0n) is 18.5. The summed E-state index contributed by atoms with van der Waals surface area (Å²) in [5.74, 6) is -2.35. The predicted molar refractivity (Wildman–Crippen MR) is 132 cm³/mol. The Bertz CT molecular complexity index is 1210. The second kappa shape index (κ2) is 9.72. The van der Waals surface area contributed by atoms with Gasteiger partial charge in [-0.05, 0) is 77.2 Å². The minimum Gasteiger partial charge on any atom is -0.452 e. The van der Waals surface area contributed by atoms with Gasteiger partial charge in [0.05, 0.1) is 28.1 Å². The second-order valence-electron chi connectivity index (χ2n) is 8.42. The van der Waals surface area contributed by atoms with Gasteiger partial charge in [0.25, 0.3) is 5.91 Å². The summed E-state index contributed by atoms with van der Waals surface area (Å²) in [4.78, 5) is 51.5. The Morgan fingerprint density at radius 1 is 1.18 bits per heavy atom. The molecule has 1 fully saturated rings. The maximum atomic E-state index is 12.9. The number of ether oxygens (including phenoxy) is 1. The smallest absolute Gasteiger partial charge is 0.338 e. The first-order chi connectivity index (χ1) is 16.2. The lowest BCUT2D eigenvalue weighted by Gasteiger charge is -2.22. The number of rotatable bonds is 5. The van der Waals surface area contributed by atoms with Crippen molar-refractivity contribution in [3.05, 3.63) is 69.2 Å².